The van der Waals surface area contributed by atoms with Crippen LogP contribution in [0.2, 0.25) is 0 Å². The fraction of sp³-hybridized carbons (Fsp3) is 0.217. The van der Waals surface area contributed by atoms with Crippen LogP contribution in [0.3, 0.4) is 0 Å². The van der Waals surface area contributed by atoms with Gasteiger partial charge in [-0.15, -0.1) is 10.2 Å². The van der Waals surface area contributed by atoms with Gasteiger partial charge >= 0.3 is 11.9 Å². The lowest BCUT2D eigenvalue weighted by atomic mass is 10.1. The van der Waals surface area contributed by atoms with Crippen LogP contribution >= 0.6 is 0 Å². The Morgan fingerprint density at radius 1 is 0.971 bits per heavy atom. The van der Waals surface area contributed by atoms with E-state index in [1.165, 1.54) is 16.5 Å². The van der Waals surface area contributed by atoms with Gasteiger partial charge in [0.15, 0.2) is 0 Å². The molecule has 4 rings (SSSR count). The summed E-state index contributed by atoms with van der Waals surface area (Å²) in [5.41, 5.74) is 3.10. The SMILES string of the molecule is COC(=O)c1nc(-n2cc(-c3ccc(C)cc3)nn2)n(COCCOC(=O)c2ccccc2)n1. The number of hydrogen-bond donors (Lipinski definition) is 0. The molecule has 11 nitrogen and oxygen atoms in total. The molecule has 0 amide bonds. The molecule has 2 aromatic carbocycles. The summed E-state index contributed by atoms with van der Waals surface area (Å²) in [5.74, 6) is -1.07. The fourth-order valence-electron chi connectivity index (χ4n) is 2.99. The Morgan fingerprint density at radius 3 is 2.47 bits per heavy atom. The van der Waals surface area contributed by atoms with Crippen molar-refractivity contribution in [3.05, 3.63) is 77.7 Å². The van der Waals surface area contributed by atoms with Gasteiger partial charge in [0, 0.05) is 5.56 Å². The summed E-state index contributed by atoms with van der Waals surface area (Å²) < 4.78 is 18.2. The number of nitrogens with zero attached hydrogens (tertiary/aromatic N) is 6. The lowest BCUT2D eigenvalue weighted by Crippen LogP contribution is -2.15. The predicted octanol–water partition coefficient (Wildman–Crippen LogP) is 2.45. The standard InChI is InChI=1S/C23H22N6O5/c1-16-8-10-17(11-9-16)19-14-28(27-25-19)23-24-20(22(31)32-2)26-29(23)15-33-12-13-34-21(30)18-6-4-3-5-7-18/h3-11,14H,12-13,15H2,1-2H3. The maximum atomic E-state index is 12.0. The van der Waals surface area contributed by atoms with Gasteiger partial charge in [0.1, 0.15) is 19.0 Å². The first-order valence-electron chi connectivity index (χ1n) is 10.4. The van der Waals surface area contributed by atoms with Crippen LogP contribution in [0.15, 0.2) is 60.8 Å². The van der Waals surface area contributed by atoms with Crippen LogP contribution in [0.1, 0.15) is 26.5 Å². The molecular formula is C23H22N6O5. The van der Waals surface area contributed by atoms with E-state index in [9.17, 15) is 9.59 Å². The summed E-state index contributed by atoms with van der Waals surface area (Å²) in [6.07, 6.45) is 1.67. The van der Waals surface area contributed by atoms with Gasteiger partial charge in [-0.1, -0.05) is 53.2 Å². The van der Waals surface area contributed by atoms with Crippen LogP contribution in [-0.4, -0.2) is 62.0 Å². The van der Waals surface area contributed by atoms with Crippen LogP contribution < -0.4 is 0 Å². The highest BCUT2D eigenvalue weighted by molar-refractivity contribution is 5.89. The van der Waals surface area contributed by atoms with Crippen molar-refractivity contribution >= 4 is 11.9 Å². The van der Waals surface area contributed by atoms with Gasteiger partial charge in [-0.2, -0.15) is 9.67 Å². The lowest BCUT2D eigenvalue weighted by molar-refractivity contribution is 0.0141. The predicted molar refractivity (Wildman–Crippen MR) is 119 cm³/mol. The maximum Gasteiger partial charge on any atom is 0.378 e. The van der Waals surface area contributed by atoms with E-state index in [1.807, 2.05) is 37.3 Å². The molecule has 0 aliphatic carbocycles. The highest BCUT2D eigenvalue weighted by atomic mass is 16.6. The summed E-state index contributed by atoms with van der Waals surface area (Å²) in [6, 6.07) is 16.5. The smallest absolute Gasteiger partial charge is 0.378 e. The van der Waals surface area contributed by atoms with Crippen LogP contribution in [-0.2, 0) is 20.9 Å². The third-order valence-electron chi connectivity index (χ3n) is 4.75. The van der Waals surface area contributed by atoms with E-state index >= 15 is 0 Å². The van der Waals surface area contributed by atoms with Crippen molar-refractivity contribution in [2.45, 2.75) is 13.7 Å². The van der Waals surface area contributed by atoms with Crippen molar-refractivity contribution in [3.63, 3.8) is 0 Å². The lowest BCUT2D eigenvalue weighted by Gasteiger charge is -2.07. The van der Waals surface area contributed by atoms with E-state index in [0.29, 0.717) is 11.3 Å². The van der Waals surface area contributed by atoms with E-state index in [2.05, 4.69) is 20.4 Å². The van der Waals surface area contributed by atoms with Gasteiger partial charge < -0.3 is 14.2 Å². The van der Waals surface area contributed by atoms with Gasteiger partial charge in [-0.25, -0.2) is 14.3 Å². The molecule has 0 bridgehead atoms. The Hall–Kier alpha value is -4.38. The van der Waals surface area contributed by atoms with Crippen molar-refractivity contribution in [2.75, 3.05) is 20.3 Å². The van der Waals surface area contributed by atoms with Crippen molar-refractivity contribution < 1.29 is 23.8 Å². The van der Waals surface area contributed by atoms with E-state index in [-0.39, 0.29) is 31.7 Å². The van der Waals surface area contributed by atoms with Crippen LogP contribution in [0.5, 0.6) is 0 Å². The molecule has 0 fully saturated rings. The number of hydrogen-bond acceptors (Lipinski definition) is 9. The molecular weight excluding hydrogens is 440 g/mol. The molecule has 2 heterocycles. The number of rotatable bonds is 9. The highest BCUT2D eigenvalue weighted by Gasteiger charge is 2.20. The van der Waals surface area contributed by atoms with Gasteiger partial charge in [0.05, 0.1) is 25.5 Å². The third-order valence-corrected chi connectivity index (χ3v) is 4.75. The minimum absolute atomic E-state index is 0.0442. The maximum absolute atomic E-state index is 12.0. The molecule has 4 aromatic rings. The zero-order chi connectivity index (χ0) is 23.9. The molecule has 0 saturated carbocycles. The minimum Gasteiger partial charge on any atom is -0.463 e. The van der Waals surface area contributed by atoms with Crippen molar-refractivity contribution in [1.82, 2.24) is 29.8 Å². The topological polar surface area (TPSA) is 123 Å². The average Bonchev–Trinajstić information content (AvgIpc) is 3.52. The number of carbonyl (C=O) groups is 2. The first-order chi connectivity index (χ1) is 16.5. The number of methoxy groups -OCH3 is 1. The van der Waals surface area contributed by atoms with Crippen molar-refractivity contribution in [3.8, 4) is 17.2 Å². The molecule has 11 heteroatoms. The monoisotopic (exact) mass is 462 g/mol. The molecule has 0 radical (unpaired) electrons. The minimum atomic E-state index is -0.698. The van der Waals surface area contributed by atoms with Gasteiger partial charge in [-0.05, 0) is 19.1 Å². The normalized spacial score (nSPS) is 10.8. The molecule has 0 N–H and O–H groups in total. The van der Waals surface area contributed by atoms with E-state index in [0.717, 1.165) is 11.1 Å². The molecule has 0 atom stereocenters. The Morgan fingerprint density at radius 2 is 1.74 bits per heavy atom. The number of aryl methyl sites for hydroxylation is 1. The summed E-state index contributed by atoms with van der Waals surface area (Å²) >= 11 is 0. The Balaban J connectivity index is 1.43. The van der Waals surface area contributed by atoms with Crippen molar-refractivity contribution in [1.29, 1.82) is 0 Å². The van der Waals surface area contributed by atoms with E-state index in [1.54, 1.807) is 30.5 Å². The molecule has 0 aliphatic rings. The second-order valence-corrected chi connectivity index (χ2v) is 7.18. The molecule has 0 saturated heterocycles. The van der Waals surface area contributed by atoms with Crippen molar-refractivity contribution in [2.24, 2.45) is 0 Å². The quantitative estimate of drug-likeness (QED) is 0.272. The third kappa shape index (κ3) is 5.33. The molecule has 0 unspecified atom stereocenters. The van der Waals surface area contributed by atoms with Gasteiger partial charge in [0.2, 0.25) is 0 Å². The molecule has 34 heavy (non-hydrogen) atoms. The van der Waals surface area contributed by atoms with Crippen LogP contribution in [0, 0.1) is 6.92 Å². The summed E-state index contributed by atoms with van der Waals surface area (Å²) in [4.78, 5) is 28.2. The molecule has 2 aromatic heterocycles. The summed E-state index contributed by atoms with van der Waals surface area (Å²) in [7, 11) is 1.24. The number of benzene rings is 2. The van der Waals surface area contributed by atoms with E-state index in [4.69, 9.17) is 14.2 Å². The molecule has 174 valence electrons. The van der Waals surface area contributed by atoms with Gasteiger partial charge in [0.25, 0.3) is 11.8 Å². The molecule has 0 spiro atoms. The van der Waals surface area contributed by atoms with E-state index < -0.39 is 11.9 Å². The highest BCUT2D eigenvalue weighted by Crippen LogP contribution is 2.18. The van der Waals surface area contributed by atoms with Crippen LogP contribution in [0.25, 0.3) is 17.2 Å². The Bertz CT molecular complexity index is 1270. The second-order valence-electron chi connectivity index (χ2n) is 7.18. The Labute approximate surface area is 194 Å². The number of esters is 2. The summed E-state index contributed by atoms with van der Waals surface area (Å²) in [6.45, 7) is 2.09. The van der Waals surface area contributed by atoms with Crippen LogP contribution in [0.4, 0.5) is 0 Å². The fourth-order valence-corrected chi connectivity index (χ4v) is 2.99. The second kappa shape index (κ2) is 10.5. The number of ether oxygens (including phenoxy) is 3. The van der Waals surface area contributed by atoms with Gasteiger partial charge in [-0.3, -0.25) is 0 Å². The first-order valence-corrected chi connectivity index (χ1v) is 10.4. The zero-order valence-electron chi connectivity index (χ0n) is 18.6. The zero-order valence-corrected chi connectivity index (χ0v) is 18.6. The average molecular weight is 462 g/mol. The Kier molecular flexibility index (Phi) is 7.04. The number of carbonyl (C=O) groups excluding carboxylic acids is 2. The summed E-state index contributed by atoms with van der Waals surface area (Å²) in [5, 5.41) is 12.4. The first kappa shape index (κ1) is 22.8. The molecule has 0 aliphatic heterocycles. The number of aromatic nitrogens is 6. The largest absolute Gasteiger partial charge is 0.463 e.